The van der Waals surface area contributed by atoms with Gasteiger partial charge in [-0.15, -0.1) is 0 Å². The Balaban J connectivity index is 2.09. The summed E-state index contributed by atoms with van der Waals surface area (Å²) in [6, 6.07) is 1.46. The molecular weight excluding hydrogens is 174 g/mol. The minimum atomic E-state index is 0.524. The first-order chi connectivity index (χ1) is 6.80. The summed E-state index contributed by atoms with van der Waals surface area (Å²) < 4.78 is 5.27. The molecule has 0 aromatic heterocycles. The monoisotopic (exact) mass is 199 g/mol. The standard InChI is InChI=1S/C12H25NO/c1-4-6-7-10(5-2)13-11-8-12(9-11)14-3/h10-13H,4-9H2,1-3H3. The van der Waals surface area contributed by atoms with Crippen LogP contribution in [0.2, 0.25) is 0 Å². The van der Waals surface area contributed by atoms with E-state index in [9.17, 15) is 0 Å². The summed E-state index contributed by atoms with van der Waals surface area (Å²) in [7, 11) is 1.81. The molecule has 2 heteroatoms. The molecule has 14 heavy (non-hydrogen) atoms. The highest BCUT2D eigenvalue weighted by atomic mass is 16.5. The van der Waals surface area contributed by atoms with Crippen LogP contribution in [0.3, 0.4) is 0 Å². The lowest BCUT2D eigenvalue weighted by Gasteiger charge is -2.37. The molecule has 0 aromatic carbocycles. The van der Waals surface area contributed by atoms with E-state index in [1.807, 2.05) is 7.11 Å². The second kappa shape index (κ2) is 6.41. The normalized spacial score (nSPS) is 28.5. The number of hydrogen-bond acceptors (Lipinski definition) is 2. The van der Waals surface area contributed by atoms with E-state index < -0.39 is 0 Å². The van der Waals surface area contributed by atoms with Crippen LogP contribution in [-0.4, -0.2) is 25.3 Å². The second-order valence-corrected chi connectivity index (χ2v) is 4.44. The zero-order valence-corrected chi connectivity index (χ0v) is 9.88. The van der Waals surface area contributed by atoms with Crippen molar-refractivity contribution in [1.29, 1.82) is 0 Å². The van der Waals surface area contributed by atoms with Crippen molar-refractivity contribution in [3.05, 3.63) is 0 Å². The first-order valence-electron chi connectivity index (χ1n) is 6.09. The van der Waals surface area contributed by atoms with Crippen molar-refractivity contribution in [1.82, 2.24) is 5.32 Å². The van der Waals surface area contributed by atoms with Crippen molar-refractivity contribution in [2.45, 2.75) is 70.6 Å². The van der Waals surface area contributed by atoms with Gasteiger partial charge in [0.1, 0.15) is 0 Å². The first kappa shape index (κ1) is 12.0. The lowest BCUT2D eigenvalue weighted by molar-refractivity contribution is 0.0137. The molecule has 1 rings (SSSR count). The van der Waals surface area contributed by atoms with E-state index in [1.165, 1.54) is 38.5 Å². The molecule has 0 aliphatic heterocycles. The van der Waals surface area contributed by atoms with Gasteiger partial charge in [0, 0.05) is 19.2 Å². The van der Waals surface area contributed by atoms with Crippen LogP contribution in [0.15, 0.2) is 0 Å². The van der Waals surface area contributed by atoms with Crippen LogP contribution in [0.5, 0.6) is 0 Å². The van der Waals surface area contributed by atoms with Gasteiger partial charge in [-0.05, 0) is 25.7 Å². The molecule has 0 heterocycles. The molecular formula is C12H25NO. The molecule has 2 nitrogen and oxygen atoms in total. The van der Waals surface area contributed by atoms with Crippen LogP contribution >= 0.6 is 0 Å². The Labute approximate surface area is 88.4 Å². The van der Waals surface area contributed by atoms with Crippen molar-refractivity contribution in [2.24, 2.45) is 0 Å². The van der Waals surface area contributed by atoms with Gasteiger partial charge in [0.2, 0.25) is 0 Å². The van der Waals surface area contributed by atoms with Crippen LogP contribution < -0.4 is 5.32 Å². The van der Waals surface area contributed by atoms with Gasteiger partial charge in [0.05, 0.1) is 6.10 Å². The summed E-state index contributed by atoms with van der Waals surface area (Å²) >= 11 is 0. The molecule has 84 valence electrons. The van der Waals surface area contributed by atoms with Crippen LogP contribution in [0, 0.1) is 0 Å². The van der Waals surface area contributed by atoms with Crippen molar-refractivity contribution >= 4 is 0 Å². The Bertz CT molecular complexity index is 143. The van der Waals surface area contributed by atoms with Crippen molar-refractivity contribution < 1.29 is 4.74 Å². The smallest absolute Gasteiger partial charge is 0.0601 e. The fourth-order valence-electron chi connectivity index (χ4n) is 2.08. The van der Waals surface area contributed by atoms with E-state index in [2.05, 4.69) is 19.2 Å². The molecule has 1 unspecified atom stereocenters. The minimum absolute atomic E-state index is 0.524. The summed E-state index contributed by atoms with van der Waals surface area (Å²) in [5, 5.41) is 3.72. The Hall–Kier alpha value is -0.0800. The van der Waals surface area contributed by atoms with Crippen LogP contribution in [-0.2, 0) is 4.74 Å². The second-order valence-electron chi connectivity index (χ2n) is 4.44. The SMILES string of the molecule is CCCCC(CC)NC1CC(OC)C1. The van der Waals surface area contributed by atoms with Crippen molar-refractivity contribution in [3.63, 3.8) is 0 Å². The Morgan fingerprint density at radius 2 is 2.07 bits per heavy atom. The molecule has 0 spiro atoms. The van der Waals surface area contributed by atoms with Gasteiger partial charge in [0.15, 0.2) is 0 Å². The van der Waals surface area contributed by atoms with Crippen molar-refractivity contribution in [3.8, 4) is 0 Å². The lowest BCUT2D eigenvalue weighted by Crippen LogP contribution is -2.49. The third-order valence-corrected chi connectivity index (χ3v) is 3.30. The highest BCUT2D eigenvalue weighted by molar-refractivity contribution is 4.87. The van der Waals surface area contributed by atoms with Gasteiger partial charge in [-0.2, -0.15) is 0 Å². The molecule has 1 N–H and O–H groups in total. The quantitative estimate of drug-likeness (QED) is 0.680. The third-order valence-electron chi connectivity index (χ3n) is 3.30. The molecule has 0 radical (unpaired) electrons. The van der Waals surface area contributed by atoms with Gasteiger partial charge in [0.25, 0.3) is 0 Å². The predicted molar refractivity (Wildman–Crippen MR) is 60.6 cm³/mol. The minimum Gasteiger partial charge on any atom is -0.381 e. The average molecular weight is 199 g/mol. The maximum atomic E-state index is 5.27. The number of nitrogens with one attached hydrogen (secondary N) is 1. The van der Waals surface area contributed by atoms with E-state index in [4.69, 9.17) is 4.74 Å². The summed E-state index contributed by atoms with van der Waals surface area (Å²) in [6.07, 6.45) is 8.19. The zero-order valence-electron chi connectivity index (χ0n) is 9.88. The van der Waals surface area contributed by atoms with Crippen LogP contribution in [0.1, 0.15) is 52.4 Å². The Kier molecular flexibility index (Phi) is 5.49. The average Bonchev–Trinajstić information content (AvgIpc) is 2.15. The molecule has 0 aromatic rings. The third kappa shape index (κ3) is 3.58. The first-order valence-corrected chi connectivity index (χ1v) is 6.09. The van der Waals surface area contributed by atoms with Gasteiger partial charge in [-0.1, -0.05) is 26.7 Å². The van der Waals surface area contributed by atoms with E-state index in [0.29, 0.717) is 6.10 Å². The summed E-state index contributed by atoms with van der Waals surface area (Å²) in [5.41, 5.74) is 0. The summed E-state index contributed by atoms with van der Waals surface area (Å²) in [6.45, 7) is 4.54. The van der Waals surface area contributed by atoms with Gasteiger partial charge >= 0.3 is 0 Å². The van der Waals surface area contributed by atoms with E-state index >= 15 is 0 Å². The van der Waals surface area contributed by atoms with Gasteiger partial charge in [-0.25, -0.2) is 0 Å². The van der Waals surface area contributed by atoms with Crippen LogP contribution in [0.25, 0.3) is 0 Å². The topological polar surface area (TPSA) is 21.3 Å². The lowest BCUT2D eigenvalue weighted by atomic mass is 9.88. The van der Waals surface area contributed by atoms with E-state index in [0.717, 1.165) is 12.1 Å². The highest BCUT2D eigenvalue weighted by Crippen LogP contribution is 2.23. The predicted octanol–water partition coefficient (Wildman–Crippen LogP) is 2.72. The molecule has 1 atom stereocenters. The fourth-order valence-corrected chi connectivity index (χ4v) is 2.08. The van der Waals surface area contributed by atoms with E-state index in [-0.39, 0.29) is 0 Å². The Morgan fingerprint density at radius 1 is 1.36 bits per heavy atom. The molecule has 1 fully saturated rings. The van der Waals surface area contributed by atoms with Crippen molar-refractivity contribution in [2.75, 3.05) is 7.11 Å². The summed E-state index contributed by atoms with van der Waals surface area (Å²) in [5.74, 6) is 0. The number of hydrogen-bond donors (Lipinski definition) is 1. The maximum absolute atomic E-state index is 5.27. The number of methoxy groups -OCH3 is 1. The fraction of sp³-hybridized carbons (Fsp3) is 1.00. The molecule has 0 saturated heterocycles. The molecule has 1 saturated carbocycles. The molecule has 1 aliphatic rings. The zero-order chi connectivity index (χ0) is 10.4. The maximum Gasteiger partial charge on any atom is 0.0601 e. The van der Waals surface area contributed by atoms with Crippen LogP contribution in [0.4, 0.5) is 0 Å². The molecule has 1 aliphatic carbocycles. The molecule has 0 bridgehead atoms. The summed E-state index contributed by atoms with van der Waals surface area (Å²) in [4.78, 5) is 0. The van der Waals surface area contributed by atoms with E-state index in [1.54, 1.807) is 0 Å². The largest absolute Gasteiger partial charge is 0.381 e. The van der Waals surface area contributed by atoms with Gasteiger partial charge in [-0.3, -0.25) is 0 Å². The number of ether oxygens (including phenoxy) is 1. The Morgan fingerprint density at radius 3 is 2.57 bits per heavy atom. The highest BCUT2D eigenvalue weighted by Gasteiger charge is 2.29. The number of rotatable bonds is 7. The van der Waals surface area contributed by atoms with Gasteiger partial charge < -0.3 is 10.1 Å². The number of unbranched alkanes of at least 4 members (excludes halogenated alkanes) is 1. The molecule has 0 amide bonds.